The number of rotatable bonds is 4. The van der Waals surface area contributed by atoms with Gasteiger partial charge in [-0.25, -0.2) is 4.39 Å². The number of aromatic nitrogens is 1. The van der Waals surface area contributed by atoms with Crippen LogP contribution in [0.4, 0.5) is 4.39 Å². The summed E-state index contributed by atoms with van der Waals surface area (Å²) in [5, 5.41) is 8.91. The number of likely N-dealkylation sites (N-methyl/N-ethyl adjacent to an activating group) is 1. The van der Waals surface area contributed by atoms with E-state index in [0.717, 1.165) is 5.56 Å². The van der Waals surface area contributed by atoms with E-state index in [0.29, 0.717) is 6.54 Å². The van der Waals surface area contributed by atoms with Crippen molar-refractivity contribution in [2.24, 2.45) is 0 Å². The van der Waals surface area contributed by atoms with Crippen molar-refractivity contribution < 1.29 is 9.50 Å². The summed E-state index contributed by atoms with van der Waals surface area (Å²) in [5.41, 5.74) is 0.813. The van der Waals surface area contributed by atoms with Crippen LogP contribution in [0.25, 0.3) is 0 Å². The van der Waals surface area contributed by atoms with Gasteiger partial charge in [-0.15, -0.1) is 0 Å². The molecule has 1 aromatic rings. The fourth-order valence-corrected chi connectivity index (χ4v) is 1.13. The van der Waals surface area contributed by atoms with Crippen LogP contribution in [0.5, 0.6) is 0 Å². The van der Waals surface area contributed by atoms with Crippen LogP contribution in [0, 0.1) is 5.82 Å². The van der Waals surface area contributed by atoms with Gasteiger partial charge in [0, 0.05) is 18.8 Å². The molecule has 14 heavy (non-hydrogen) atoms. The van der Waals surface area contributed by atoms with Crippen molar-refractivity contribution in [2.45, 2.75) is 19.5 Å². The maximum absolute atomic E-state index is 12.8. The third kappa shape index (κ3) is 3.05. The second-order valence-corrected chi connectivity index (χ2v) is 3.46. The fourth-order valence-electron chi connectivity index (χ4n) is 1.13. The molecule has 1 rings (SSSR count). The number of nitrogens with zero attached hydrogens (tertiary/aromatic N) is 2. The lowest BCUT2D eigenvalue weighted by atomic mass is 10.2. The van der Waals surface area contributed by atoms with E-state index in [2.05, 4.69) is 4.98 Å². The average Bonchev–Trinajstić information content (AvgIpc) is 2.16. The third-order valence-corrected chi connectivity index (χ3v) is 2.21. The number of pyridine rings is 1. The maximum atomic E-state index is 12.8. The number of hydrogen-bond acceptors (Lipinski definition) is 3. The molecule has 1 atom stereocenters. The standard InChI is InChI=1S/C10H15FN2O/c1-8(7-14)13(2)6-9-3-10(11)5-12-4-9/h3-5,8,14H,6-7H2,1-2H3. The molecular formula is C10H15FN2O. The minimum Gasteiger partial charge on any atom is -0.395 e. The second kappa shape index (κ2) is 5.02. The van der Waals surface area contributed by atoms with E-state index in [1.54, 1.807) is 6.20 Å². The zero-order valence-corrected chi connectivity index (χ0v) is 8.44. The number of aliphatic hydroxyl groups excluding tert-OH is 1. The Morgan fingerprint density at radius 1 is 1.57 bits per heavy atom. The normalized spacial score (nSPS) is 13.2. The number of aliphatic hydroxyl groups is 1. The molecule has 0 aromatic carbocycles. The summed E-state index contributed by atoms with van der Waals surface area (Å²) in [6, 6.07) is 1.52. The predicted molar refractivity (Wildman–Crippen MR) is 52.2 cm³/mol. The molecule has 0 aliphatic rings. The molecule has 1 N–H and O–H groups in total. The number of hydrogen-bond donors (Lipinski definition) is 1. The summed E-state index contributed by atoms with van der Waals surface area (Å²) in [4.78, 5) is 5.70. The first-order chi connectivity index (χ1) is 6.63. The smallest absolute Gasteiger partial charge is 0.141 e. The quantitative estimate of drug-likeness (QED) is 0.785. The largest absolute Gasteiger partial charge is 0.395 e. The summed E-state index contributed by atoms with van der Waals surface area (Å²) in [6.45, 7) is 2.60. The third-order valence-electron chi connectivity index (χ3n) is 2.21. The lowest BCUT2D eigenvalue weighted by molar-refractivity contribution is 0.154. The van der Waals surface area contributed by atoms with Gasteiger partial charge in [0.05, 0.1) is 12.8 Å². The molecule has 78 valence electrons. The van der Waals surface area contributed by atoms with Crippen molar-refractivity contribution in [1.29, 1.82) is 0 Å². The Hall–Kier alpha value is -1.00. The molecule has 0 saturated carbocycles. The van der Waals surface area contributed by atoms with Gasteiger partial charge in [-0.2, -0.15) is 0 Å². The Morgan fingerprint density at radius 3 is 2.86 bits per heavy atom. The monoisotopic (exact) mass is 198 g/mol. The molecule has 0 aliphatic carbocycles. The minimum atomic E-state index is -0.326. The summed E-state index contributed by atoms with van der Waals surface area (Å²) < 4.78 is 12.8. The molecule has 0 spiro atoms. The van der Waals surface area contributed by atoms with Gasteiger partial charge in [0.25, 0.3) is 0 Å². The van der Waals surface area contributed by atoms with Gasteiger partial charge in [0.15, 0.2) is 0 Å². The van der Waals surface area contributed by atoms with Crippen molar-refractivity contribution in [1.82, 2.24) is 9.88 Å². The van der Waals surface area contributed by atoms with Gasteiger partial charge in [-0.1, -0.05) is 0 Å². The van der Waals surface area contributed by atoms with Crippen molar-refractivity contribution in [3.05, 3.63) is 29.8 Å². The summed E-state index contributed by atoms with van der Waals surface area (Å²) in [5.74, 6) is -0.326. The Morgan fingerprint density at radius 2 is 2.29 bits per heavy atom. The van der Waals surface area contributed by atoms with Crippen LogP contribution in [-0.4, -0.2) is 34.7 Å². The van der Waals surface area contributed by atoms with Gasteiger partial charge in [-0.3, -0.25) is 9.88 Å². The SMILES string of the molecule is CC(CO)N(C)Cc1cncc(F)c1. The van der Waals surface area contributed by atoms with Gasteiger partial charge < -0.3 is 5.11 Å². The van der Waals surface area contributed by atoms with E-state index in [1.807, 2.05) is 18.9 Å². The van der Waals surface area contributed by atoms with Gasteiger partial charge in [0.1, 0.15) is 5.82 Å². The Balaban J connectivity index is 2.60. The van der Waals surface area contributed by atoms with Crippen molar-refractivity contribution in [3.63, 3.8) is 0 Å². The lowest BCUT2D eigenvalue weighted by Crippen LogP contribution is -2.31. The summed E-state index contributed by atoms with van der Waals surface area (Å²) in [6.07, 6.45) is 2.81. The van der Waals surface area contributed by atoms with Gasteiger partial charge in [0.2, 0.25) is 0 Å². The van der Waals surface area contributed by atoms with Crippen molar-refractivity contribution in [2.75, 3.05) is 13.7 Å². The van der Waals surface area contributed by atoms with Gasteiger partial charge >= 0.3 is 0 Å². The first-order valence-electron chi connectivity index (χ1n) is 4.54. The highest BCUT2D eigenvalue weighted by Gasteiger charge is 2.08. The predicted octanol–water partition coefficient (Wildman–Crippen LogP) is 1.03. The molecule has 3 nitrogen and oxygen atoms in total. The van der Waals surface area contributed by atoms with Crippen LogP contribution < -0.4 is 0 Å². The Kier molecular flexibility index (Phi) is 3.98. The topological polar surface area (TPSA) is 36.4 Å². The Labute approximate surface area is 83.2 Å². The fraction of sp³-hybridized carbons (Fsp3) is 0.500. The van der Waals surface area contributed by atoms with Crippen LogP contribution >= 0.6 is 0 Å². The second-order valence-electron chi connectivity index (χ2n) is 3.46. The molecule has 0 aliphatic heterocycles. The first-order valence-corrected chi connectivity index (χ1v) is 4.54. The molecule has 4 heteroatoms. The highest BCUT2D eigenvalue weighted by atomic mass is 19.1. The van der Waals surface area contributed by atoms with E-state index in [4.69, 9.17) is 5.11 Å². The zero-order chi connectivity index (χ0) is 10.6. The molecule has 1 aromatic heterocycles. The molecule has 0 radical (unpaired) electrons. The van der Waals surface area contributed by atoms with E-state index in [9.17, 15) is 4.39 Å². The average molecular weight is 198 g/mol. The zero-order valence-electron chi connectivity index (χ0n) is 8.44. The van der Waals surface area contributed by atoms with Crippen LogP contribution in [0.1, 0.15) is 12.5 Å². The molecule has 1 unspecified atom stereocenters. The number of halogens is 1. The molecule has 1 heterocycles. The molecule has 0 fully saturated rings. The summed E-state index contributed by atoms with van der Waals surface area (Å²) in [7, 11) is 1.88. The van der Waals surface area contributed by atoms with E-state index >= 15 is 0 Å². The molecule has 0 saturated heterocycles. The van der Waals surface area contributed by atoms with Crippen molar-refractivity contribution in [3.8, 4) is 0 Å². The minimum absolute atomic E-state index is 0.0678. The highest BCUT2D eigenvalue weighted by Crippen LogP contribution is 2.06. The van der Waals surface area contributed by atoms with Crippen LogP contribution in [-0.2, 0) is 6.54 Å². The van der Waals surface area contributed by atoms with Crippen LogP contribution in [0.2, 0.25) is 0 Å². The first kappa shape index (κ1) is 11.1. The Bertz CT molecular complexity index is 293. The molecular weight excluding hydrogens is 183 g/mol. The van der Waals surface area contributed by atoms with E-state index in [1.165, 1.54) is 12.3 Å². The lowest BCUT2D eigenvalue weighted by Gasteiger charge is -2.22. The van der Waals surface area contributed by atoms with Crippen LogP contribution in [0.3, 0.4) is 0 Å². The van der Waals surface area contributed by atoms with Gasteiger partial charge in [-0.05, 0) is 25.6 Å². The maximum Gasteiger partial charge on any atom is 0.141 e. The summed E-state index contributed by atoms with van der Waals surface area (Å²) >= 11 is 0. The van der Waals surface area contributed by atoms with E-state index in [-0.39, 0.29) is 18.5 Å². The van der Waals surface area contributed by atoms with Crippen LogP contribution in [0.15, 0.2) is 18.5 Å². The van der Waals surface area contributed by atoms with Crippen molar-refractivity contribution >= 4 is 0 Å². The van der Waals surface area contributed by atoms with E-state index < -0.39 is 0 Å². The molecule has 0 bridgehead atoms. The highest BCUT2D eigenvalue weighted by molar-refractivity contribution is 5.09. The molecule has 0 amide bonds.